The molecule has 12 heteroatoms. The molecule has 0 spiro atoms. The van der Waals surface area contributed by atoms with Crippen molar-refractivity contribution in [3.05, 3.63) is 0 Å². The number of nitrogens with one attached hydrogen (secondary N) is 1. The van der Waals surface area contributed by atoms with E-state index >= 15 is 0 Å². The molecule has 0 fully saturated rings. The van der Waals surface area contributed by atoms with Crippen molar-refractivity contribution < 1.29 is 40.2 Å². The van der Waals surface area contributed by atoms with Crippen LogP contribution in [0.1, 0.15) is 33.6 Å². The minimum Gasteiger partial charge on any atom is -0.444 e. The van der Waals surface area contributed by atoms with Gasteiger partial charge >= 0.3 is 6.09 Å². The van der Waals surface area contributed by atoms with Crippen LogP contribution in [0.4, 0.5) is 4.79 Å². The smallest absolute Gasteiger partial charge is 0.407 e. The summed E-state index contributed by atoms with van der Waals surface area (Å²) in [6.07, 6.45) is -1.78. The molecule has 0 heterocycles. The summed E-state index contributed by atoms with van der Waals surface area (Å²) in [5.74, 6) is -1.22. The van der Waals surface area contributed by atoms with E-state index < -0.39 is 49.5 Å². The first-order chi connectivity index (χ1) is 10.7. The number of hydrogen-bond donors (Lipinski definition) is 3. The van der Waals surface area contributed by atoms with E-state index in [4.69, 9.17) is 18.6 Å². The number of carbonyl (C=O) groups is 1. The minimum atomic E-state index is -4.22. The Morgan fingerprint density at radius 2 is 1.50 bits per heavy atom. The van der Waals surface area contributed by atoms with Gasteiger partial charge in [-0.15, -0.1) is 0 Å². The predicted octanol–water partition coefficient (Wildman–Crippen LogP) is 0.452. The number of carbonyl (C=O) groups excluding carboxylic acids is 1. The molecule has 10 nitrogen and oxygen atoms in total. The molecule has 3 N–H and O–H groups in total. The average Bonchev–Trinajstić information content (AvgIpc) is 2.32. The van der Waals surface area contributed by atoms with Gasteiger partial charge in [0, 0.05) is 6.54 Å². The van der Waals surface area contributed by atoms with Gasteiger partial charge in [-0.1, -0.05) is 0 Å². The molecule has 0 bridgehead atoms. The van der Waals surface area contributed by atoms with Crippen molar-refractivity contribution in [2.24, 2.45) is 0 Å². The number of hydrogen-bond acceptors (Lipinski definition) is 7. The summed E-state index contributed by atoms with van der Waals surface area (Å²) in [7, 11) is -8.44. The van der Waals surface area contributed by atoms with Crippen molar-refractivity contribution >= 4 is 26.3 Å². The Morgan fingerprint density at radius 1 is 1.04 bits per heavy atom. The number of ether oxygens (including phenoxy) is 2. The van der Waals surface area contributed by atoms with Crippen LogP contribution >= 0.6 is 0 Å². The molecule has 0 saturated heterocycles. The Kier molecular flexibility index (Phi) is 9.14. The lowest BCUT2D eigenvalue weighted by Gasteiger charge is -2.20. The van der Waals surface area contributed by atoms with Crippen molar-refractivity contribution in [1.29, 1.82) is 0 Å². The van der Waals surface area contributed by atoms with Gasteiger partial charge in [-0.3, -0.25) is 9.11 Å². The van der Waals surface area contributed by atoms with Gasteiger partial charge in [0.05, 0.1) is 24.2 Å². The highest BCUT2D eigenvalue weighted by Crippen LogP contribution is 2.08. The van der Waals surface area contributed by atoms with E-state index in [1.807, 2.05) is 0 Å². The SMILES string of the molecule is CC(C)(C)OC(=O)NCCOC(CCS(=O)(=O)O)CCS(=O)(=O)O. The lowest BCUT2D eigenvalue weighted by Crippen LogP contribution is -2.35. The zero-order valence-electron chi connectivity index (χ0n) is 13.9. The van der Waals surface area contributed by atoms with Crippen LogP contribution in [0.25, 0.3) is 0 Å². The molecule has 0 rings (SSSR count). The van der Waals surface area contributed by atoms with Gasteiger partial charge in [0.2, 0.25) is 0 Å². The van der Waals surface area contributed by atoms with Crippen LogP contribution in [0.5, 0.6) is 0 Å². The highest BCUT2D eigenvalue weighted by atomic mass is 32.2. The molecule has 0 aliphatic heterocycles. The standard InChI is InChI=1S/C12H25NO9S2/c1-12(2,3)22-11(14)13-6-7-21-10(4-8-23(15,16)17)5-9-24(18,19)20/h10H,4-9H2,1-3H3,(H,13,14)(H,15,16,17)(H,18,19,20). The first-order valence-corrected chi connectivity index (χ1v) is 10.4. The molecule has 0 aliphatic carbocycles. The molecule has 1 amide bonds. The van der Waals surface area contributed by atoms with E-state index in [1.165, 1.54) is 0 Å². The summed E-state index contributed by atoms with van der Waals surface area (Å²) in [4.78, 5) is 11.4. The second-order valence-corrected chi connectivity index (χ2v) is 9.22. The Morgan fingerprint density at radius 3 is 1.88 bits per heavy atom. The maximum Gasteiger partial charge on any atom is 0.407 e. The summed E-state index contributed by atoms with van der Waals surface area (Å²) < 4.78 is 70.7. The summed E-state index contributed by atoms with van der Waals surface area (Å²) in [5, 5.41) is 2.42. The zero-order valence-corrected chi connectivity index (χ0v) is 15.5. The first kappa shape index (κ1) is 23.1. The second-order valence-electron chi connectivity index (χ2n) is 6.07. The molecule has 24 heavy (non-hydrogen) atoms. The quantitative estimate of drug-likeness (QED) is 0.355. The first-order valence-electron chi connectivity index (χ1n) is 7.17. The lowest BCUT2D eigenvalue weighted by atomic mass is 10.2. The molecule has 0 radical (unpaired) electrons. The summed E-state index contributed by atoms with van der Waals surface area (Å²) in [6, 6.07) is 0. The van der Waals surface area contributed by atoms with Gasteiger partial charge in [0.15, 0.2) is 0 Å². The third-order valence-corrected chi connectivity index (χ3v) is 4.02. The van der Waals surface area contributed by atoms with Gasteiger partial charge in [-0.25, -0.2) is 4.79 Å². The molecule has 144 valence electrons. The molecular formula is C12H25NO9S2. The maximum absolute atomic E-state index is 11.4. The van der Waals surface area contributed by atoms with E-state index in [9.17, 15) is 21.6 Å². The van der Waals surface area contributed by atoms with Crippen molar-refractivity contribution in [3.8, 4) is 0 Å². The lowest BCUT2D eigenvalue weighted by molar-refractivity contribution is 0.0373. The van der Waals surface area contributed by atoms with Crippen LogP contribution in [0.3, 0.4) is 0 Å². The largest absolute Gasteiger partial charge is 0.444 e. The summed E-state index contributed by atoms with van der Waals surface area (Å²) in [5.41, 5.74) is -0.654. The molecule has 0 aromatic carbocycles. The molecule has 0 aromatic heterocycles. The highest BCUT2D eigenvalue weighted by molar-refractivity contribution is 7.86. The molecular weight excluding hydrogens is 366 g/mol. The Labute approximate surface area is 142 Å². The van der Waals surface area contributed by atoms with Gasteiger partial charge in [-0.05, 0) is 33.6 Å². The normalized spacial score (nSPS) is 13.1. The topological polar surface area (TPSA) is 156 Å². The molecule has 0 saturated carbocycles. The van der Waals surface area contributed by atoms with Gasteiger partial charge in [-0.2, -0.15) is 16.8 Å². The Bertz CT molecular complexity index is 557. The minimum absolute atomic E-state index is 0.0269. The van der Waals surface area contributed by atoms with Gasteiger partial charge in [0.1, 0.15) is 5.60 Å². The molecule has 0 unspecified atom stereocenters. The third kappa shape index (κ3) is 15.9. The van der Waals surface area contributed by atoms with Crippen LogP contribution in [-0.2, 0) is 29.7 Å². The zero-order chi connectivity index (χ0) is 19.0. The van der Waals surface area contributed by atoms with Crippen molar-refractivity contribution in [2.45, 2.75) is 45.3 Å². The van der Waals surface area contributed by atoms with Gasteiger partial charge in [0.25, 0.3) is 20.2 Å². The Hall–Kier alpha value is -0.950. The predicted molar refractivity (Wildman–Crippen MR) is 86.0 cm³/mol. The second kappa shape index (κ2) is 9.51. The van der Waals surface area contributed by atoms with Crippen LogP contribution in [-0.4, -0.2) is 68.4 Å². The monoisotopic (exact) mass is 391 g/mol. The number of amides is 1. The maximum atomic E-state index is 11.4. The summed E-state index contributed by atoms with van der Waals surface area (Å²) in [6.45, 7) is 5.13. The van der Waals surface area contributed by atoms with Crippen molar-refractivity contribution in [1.82, 2.24) is 5.32 Å². The molecule has 0 aliphatic rings. The van der Waals surface area contributed by atoms with E-state index in [0.29, 0.717) is 0 Å². The van der Waals surface area contributed by atoms with Crippen LogP contribution in [0.2, 0.25) is 0 Å². The van der Waals surface area contributed by atoms with E-state index in [2.05, 4.69) is 5.32 Å². The number of rotatable bonds is 10. The van der Waals surface area contributed by atoms with Gasteiger partial charge < -0.3 is 14.8 Å². The Balaban J connectivity index is 4.32. The fraction of sp³-hybridized carbons (Fsp3) is 0.917. The fourth-order valence-corrected chi connectivity index (χ4v) is 2.69. The van der Waals surface area contributed by atoms with Crippen LogP contribution in [0, 0.1) is 0 Å². The number of alkyl carbamates (subject to hydrolysis) is 1. The molecule has 0 atom stereocenters. The van der Waals surface area contributed by atoms with Crippen molar-refractivity contribution in [2.75, 3.05) is 24.7 Å². The highest BCUT2D eigenvalue weighted by Gasteiger charge is 2.18. The van der Waals surface area contributed by atoms with Crippen molar-refractivity contribution in [3.63, 3.8) is 0 Å². The van der Waals surface area contributed by atoms with E-state index in [0.717, 1.165) is 0 Å². The van der Waals surface area contributed by atoms with E-state index in [1.54, 1.807) is 20.8 Å². The summed E-state index contributed by atoms with van der Waals surface area (Å²) >= 11 is 0. The van der Waals surface area contributed by atoms with E-state index in [-0.39, 0.29) is 26.0 Å². The third-order valence-electron chi connectivity index (χ3n) is 2.52. The average molecular weight is 391 g/mol. The molecule has 0 aromatic rings. The fourth-order valence-electron chi connectivity index (χ4n) is 1.56. The van der Waals surface area contributed by atoms with Crippen LogP contribution < -0.4 is 5.32 Å². The van der Waals surface area contributed by atoms with Crippen LogP contribution in [0.15, 0.2) is 0 Å².